The minimum atomic E-state index is -0.368. The molecule has 1 unspecified atom stereocenters. The third-order valence-corrected chi connectivity index (χ3v) is 4.27. The van der Waals surface area contributed by atoms with Gasteiger partial charge in [-0.3, -0.25) is 9.89 Å². The highest BCUT2D eigenvalue weighted by Crippen LogP contribution is 2.23. The first-order valence-electron chi connectivity index (χ1n) is 8.10. The molecule has 2 aromatic heterocycles. The van der Waals surface area contributed by atoms with Crippen LogP contribution in [0.1, 0.15) is 22.4 Å². The second-order valence-electron chi connectivity index (χ2n) is 5.99. The Kier molecular flexibility index (Phi) is 4.09. The van der Waals surface area contributed by atoms with Crippen molar-refractivity contribution in [3.8, 4) is 17.0 Å². The average molecular weight is 355 g/mol. The van der Waals surface area contributed by atoms with Crippen molar-refractivity contribution in [3.05, 3.63) is 41.9 Å². The SMILES string of the molecule is Cn1nnnc1C1CN(C(=O)c2cc(-c3ccc(O)cc3)n[nH]2)CCO1. The topological polar surface area (TPSA) is 122 Å². The van der Waals surface area contributed by atoms with E-state index in [0.29, 0.717) is 36.9 Å². The minimum Gasteiger partial charge on any atom is -0.508 e. The first-order valence-corrected chi connectivity index (χ1v) is 8.10. The number of H-pyrrole nitrogens is 1. The highest BCUT2D eigenvalue weighted by Gasteiger charge is 2.30. The summed E-state index contributed by atoms with van der Waals surface area (Å²) >= 11 is 0. The molecule has 134 valence electrons. The van der Waals surface area contributed by atoms with Crippen LogP contribution in [0.4, 0.5) is 0 Å². The van der Waals surface area contributed by atoms with E-state index in [1.807, 2.05) is 0 Å². The Bertz CT molecular complexity index is 918. The third kappa shape index (κ3) is 3.02. The van der Waals surface area contributed by atoms with Gasteiger partial charge >= 0.3 is 0 Å². The van der Waals surface area contributed by atoms with E-state index in [-0.39, 0.29) is 17.8 Å². The van der Waals surface area contributed by atoms with E-state index in [1.54, 1.807) is 42.3 Å². The molecule has 10 heteroatoms. The fourth-order valence-corrected chi connectivity index (χ4v) is 2.88. The second kappa shape index (κ2) is 6.56. The predicted molar refractivity (Wildman–Crippen MR) is 89.1 cm³/mol. The van der Waals surface area contributed by atoms with E-state index in [1.165, 1.54) is 4.68 Å². The van der Waals surface area contributed by atoms with Crippen LogP contribution in [0.15, 0.2) is 30.3 Å². The van der Waals surface area contributed by atoms with Crippen LogP contribution < -0.4 is 0 Å². The lowest BCUT2D eigenvalue weighted by Gasteiger charge is -2.31. The van der Waals surface area contributed by atoms with Gasteiger partial charge in [0.2, 0.25) is 0 Å². The normalized spacial score (nSPS) is 17.4. The molecule has 1 aromatic carbocycles. The number of hydrogen-bond donors (Lipinski definition) is 2. The largest absolute Gasteiger partial charge is 0.508 e. The van der Waals surface area contributed by atoms with Crippen LogP contribution in [0.5, 0.6) is 5.75 Å². The number of aryl methyl sites for hydroxylation is 1. The van der Waals surface area contributed by atoms with Crippen molar-refractivity contribution >= 4 is 5.91 Å². The van der Waals surface area contributed by atoms with Gasteiger partial charge in [0.05, 0.1) is 18.8 Å². The lowest BCUT2D eigenvalue weighted by Crippen LogP contribution is -2.43. The van der Waals surface area contributed by atoms with Gasteiger partial charge < -0.3 is 14.7 Å². The Balaban J connectivity index is 1.50. The standard InChI is InChI=1S/C16H17N7O3/c1-22-15(19-20-21-22)14-9-23(6-7-26-14)16(25)13-8-12(17-18-13)10-2-4-11(24)5-3-10/h2-5,8,14,24H,6-7,9H2,1H3,(H,17,18). The quantitative estimate of drug-likeness (QED) is 0.702. The third-order valence-electron chi connectivity index (χ3n) is 4.27. The summed E-state index contributed by atoms with van der Waals surface area (Å²) in [6.07, 6.45) is -0.368. The van der Waals surface area contributed by atoms with Crippen molar-refractivity contribution in [2.75, 3.05) is 19.7 Å². The Morgan fingerprint density at radius 1 is 1.35 bits per heavy atom. The summed E-state index contributed by atoms with van der Waals surface area (Å²) in [6.45, 7) is 1.25. The van der Waals surface area contributed by atoms with Gasteiger partial charge in [-0.05, 0) is 40.8 Å². The van der Waals surface area contributed by atoms with Crippen LogP contribution in [0, 0.1) is 0 Å². The smallest absolute Gasteiger partial charge is 0.272 e. The van der Waals surface area contributed by atoms with Crippen LogP contribution in [-0.4, -0.2) is 66.0 Å². The van der Waals surface area contributed by atoms with Gasteiger partial charge in [-0.25, -0.2) is 4.68 Å². The number of amides is 1. The minimum absolute atomic E-state index is 0.161. The summed E-state index contributed by atoms with van der Waals surface area (Å²) in [5, 5.41) is 27.7. The second-order valence-corrected chi connectivity index (χ2v) is 5.99. The van der Waals surface area contributed by atoms with Crippen molar-refractivity contribution in [1.82, 2.24) is 35.3 Å². The molecule has 1 aliphatic heterocycles. The van der Waals surface area contributed by atoms with Gasteiger partial charge in [0.25, 0.3) is 5.91 Å². The first kappa shape index (κ1) is 16.2. The number of tetrazole rings is 1. The van der Waals surface area contributed by atoms with Gasteiger partial charge in [0.1, 0.15) is 17.5 Å². The van der Waals surface area contributed by atoms with Crippen molar-refractivity contribution in [2.45, 2.75) is 6.10 Å². The Morgan fingerprint density at radius 3 is 2.88 bits per heavy atom. The van der Waals surface area contributed by atoms with Gasteiger partial charge in [0, 0.05) is 19.2 Å². The molecule has 0 radical (unpaired) electrons. The van der Waals surface area contributed by atoms with Crippen molar-refractivity contribution in [1.29, 1.82) is 0 Å². The highest BCUT2D eigenvalue weighted by molar-refractivity contribution is 5.93. The molecule has 0 aliphatic carbocycles. The molecule has 4 rings (SSSR count). The van der Waals surface area contributed by atoms with Gasteiger partial charge in [-0.1, -0.05) is 0 Å². The summed E-state index contributed by atoms with van der Waals surface area (Å²) in [6, 6.07) is 8.33. The zero-order valence-corrected chi connectivity index (χ0v) is 14.0. The molecule has 0 spiro atoms. The van der Waals surface area contributed by atoms with Crippen LogP contribution in [0.2, 0.25) is 0 Å². The highest BCUT2D eigenvalue weighted by atomic mass is 16.5. The number of phenolic OH excluding ortho intramolecular Hbond substituents is 1. The summed E-state index contributed by atoms with van der Waals surface area (Å²) < 4.78 is 7.24. The molecule has 26 heavy (non-hydrogen) atoms. The summed E-state index contributed by atoms with van der Waals surface area (Å²) in [5.74, 6) is 0.598. The average Bonchev–Trinajstić information content (AvgIpc) is 3.31. The number of aromatic hydroxyl groups is 1. The molecule has 0 bridgehead atoms. The van der Waals surface area contributed by atoms with Crippen LogP contribution in [0.25, 0.3) is 11.3 Å². The monoisotopic (exact) mass is 355 g/mol. The molecule has 10 nitrogen and oxygen atoms in total. The maximum Gasteiger partial charge on any atom is 0.272 e. The lowest BCUT2D eigenvalue weighted by molar-refractivity contribution is -0.0285. The molecule has 0 saturated carbocycles. The Labute approximate surface area is 148 Å². The van der Waals surface area contributed by atoms with Crippen LogP contribution in [-0.2, 0) is 11.8 Å². The fraction of sp³-hybridized carbons (Fsp3) is 0.312. The maximum atomic E-state index is 12.8. The number of aromatic nitrogens is 6. The molecule has 2 N–H and O–H groups in total. The zero-order chi connectivity index (χ0) is 18.1. The van der Waals surface area contributed by atoms with E-state index in [2.05, 4.69) is 25.7 Å². The molecule has 3 heterocycles. The van der Waals surface area contributed by atoms with E-state index >= 15 is 0 Å². The zero-order valence-electron chi connectivity index (χ0n) is 14.0. The number of nitrogens with zero attached hydrogens (tertiary/aromatic N) is 6. The molecule has 1 saturated heterocycles. The molecule has 3 aromatic rings. The molecule has 1 aliphatic rings. The molecule has 1 amide bonds. The number of ether oxygens (including phenoxy) is 1. The summed E-state index contributed by atoms with van der Waals surface area (Å²) in [4.78, 5) is 14.5. The predicted octanol–water partition coefficient (Wildman–Crippen LogP) is 0.519. The van der Waals surface area contributed by atoms with Crippen molar-refractivity contribution in [3.63, 3.8) is 0 Å². The van der Waals surface area contributed by atoms with E-state index in [0.717, 1.165) is 5.56 Å². The first-order chi connectivity index (χ1) is 12.6. The number of carbonyl (C=O) groups excluding carboxylic acids is 1. The maximum absolute atomic E-state index is 12.8. The number of phenols is 1. The number of carbonyl (C=O) groups is 1. The number of hydrogen-bond acceptors (Lipinski definition) is 7. The van der Waals surface area contributed by atoms with E-state index in [4.69, 9.17) is 4.74 Å². The molecule has 1 atom stereocenters. The molecular weight excluding hydrogens is 338 g/mol. The molecule has 1 fully saturated rings. The van der Waals surface area contributed by atoms with E-state index < -0.39 is 0 Å². The number of benzene rings is 1. The fourth-order valence-electron chi connectivity index (χ4n) is 2.88. The number of aromatic amines is 1. The van der Waals surface area contributed by atoms with Gasteiger partial charge in [-0.15, -0.1) is 5.10 Å². The number of nitrogens with one attached hydrogen (secondary N) is 1. The van der Waals surface area contributed by atoms with Crippen molar-refractivity contribution in [2.24, 2.45) is 7.05 Å². The summed E-state index contributed by atoms with van der Waals surface area (Å²) in [7, 11) is 1.73. The van der Waals surface area contributed by atoms with Crippen molar-refractivity contribution < 1.29 is 14.6 Å². The van der Waals surface area contributed by atoms with Gasteiger partial charge in [0.15, 0.2) is 5.82 Å². The summed E-state index contributed by atoms with van der Waals surface area (Å²) in [5.41, 5.74) is 1.84. The van der Waals surface area contributed by atoms with Gasteiger partial charge in [-0.2, -0.15) is 5.10 Å². The number of morpholine rings is 1. The Hall–Kier alpha value is -3.27. The number of rotatable bonds is 3. The van der Waals surface area contributed by atoms with Crippen LogP contribution in [0.3, 0.4) is 0 Å². The lowest BCUT2D eigenvalue weighted by atomic mass is 10.1. The van der Waals surface area contributed by atoms with E-state index in [9.17, 15) is 9.90 Å². The Morgan fingerprint density at radius 2 is 2.15 bits per heavy atom. The van der Waals surface area contributed by atoms with Crippen LogP contribution >= 0.6 is 0 Å². The molecular formula is C16H17N7O3.